The molecule has 0 saturated heterocycles. The maximum Gasteiger partial charge on any atom is 0.311 e. The first kappa shape index (κ1) is 24.4. The minimum Gasteiger partial charge on any atom is -0.427 e. The van der Waals surface area contributed by atoms with Crippen molar-refractivity contribution in [1.82, 2.24) is 0 Å². The number of unbranched alkanes of at least 4 members (excludes halogenated alkanes) is 1. The number of ether oxygens (including phenoxy) is 1. The summed E-state index contributed by atoms with van der Waals surface area (Å²) in [5, 5.41) is 0. The Hall–Kier alpha value is -2.61. The molecule has 0 aromatic heterocycles. The molecule has 2 nitrogen and oxygen atoms in total. The molecule has 0 saturated carbocycles. The van der Waals surface area contributed by atoms with E-state index in [9.17, 15) is 4.79 Å². The van der Waals surface area contributed by atoms with Crippen molar-refractivity contribution in [2.24, 2.45) is 0 Å². The number of rotatable bonds is 14. The lowest BCUT2D eigenvalue weighted by atomic mass is 10.2. The number of hydrogen-bond donors (Lipinski definition) is 0. The molecule has 0 spiro atoms. The van der Waals surface area contributed by atoms with Crippen molar-refractivity contribution < 1.29 is 9.53 Å². The molecule has 0 unspecified atom stereocenters. The largest absolute Gasteiger partial charge is 0.427 e. The van der Waals surface area contributed by atoms with Gasteiger partial charge in [-0.25, -0.2) is 0 Å². The number of carbonyl (C=O) groups is 1. The minimum absolute atomic E-state index is 0.166. The van der Waals surface area contributed by atoms with E-state index in [-0.39, 0.29) is 5.97 Å². The Morgan fingerprint density at radius 2 is 1.24 bits per heavy atom. The summed E-state index contributed by atoms with van der Waals surface area (Å²) in [7, 11) is 0. The highest BCUT2D eigenvalue weighted by Crippen LogP contribution is 2.12. The van der Waals surface area contributed by atoms with Crippen molar-refractivity contribution in [2.75, 3.05) is 0 Å². The van der Waals surface area contributed by atoms with Crippen molar-refractivity contribution in [2.45, 2.75) is 65.2 Å². The second kappa shape index (κ2) is 17.5. The monoisotopic (exact) mass is 392 g/mol. The zero-order chi connectivity index (χ0) is 21.0. The molecule has 1 aromatic rings. The second-order valence-corrected chi connectivity index (χ2v) is 6.89. The van der Waals surface area contributed by atoms with E-state index in [0.717, 1.165) is 50.5 Å². The van der Waals surface area contributed by atoms with E-state index in [2.05, 4.69) is 67.7 Å². The van der Waals surface area contributed by atoms with E-state index in [4.69, 9.17) is 4.74 Å². The van der Waals surface area contributed by atoms with Crippen LogP contribution in [-0.2, 0) is 4.79 Å². The van der Waals surface area contributed by atoms with Gasteiger partial charge >= 0.3 is 5.97 Å². The van der Waals surface area contributed by atoms with Gasteiger partial charge in [-0.05, 0) is 64.0 Å². The highest BCUT2D eigenvalue weighted by Gasteiger charge is 2.03. The Balaban J connectivity index is 2.00. The molecule has 2 heteroatoms. The summed E-state index contributed by atoms with van der Waals surface area (Å²) < 4.78 is 5.31. The molecular weight excluding hydrogens is 356 g/mol. The molecule has 0 heterocycles. The molecule has 0 aliphatic carbocycles. The van der Waals surface area contributed by atoms with Crippen LogP contribution in [0.5, 0.6) is 5.75 Å². The van der Waals surface area contributed by atoms with Gasteiger partial charge in [-0.15, -0.1) is 0 Å². The molecule has 0 amide bonds. The van der Waals surface area contributed by atoms with Crippen LogP contribution in [0.3, 0.4) is 0 Å². The van der Waals surface area contributed by atoms with E-state index in [1.54, 1.807) is 0 Å². The van der Waals surface area contributed by atoms with E-state index in [1.807, 2.05) is 31.2 Å². The van der Waals surface area contributed by atoms with Gasteiger partial charge in [0.2, 0.25) is 0 Å². The first-order valence-electron chi connectivity index (χ1n) is 10.7. The second-order valence-electron chi connectivity index (χ2n) is 6.89. The molecule has 29 heavy (non-hydrogen) atoms. The summed E-state index contributed by atoms with van der Waals surface area (Å²) in [5.74, 6) is 0.455. The highest BCUT2D eigenvalue weighted by molar-refractivity contribution is 5.72. The fourth-order valence-electron chi connectivity index (χ4n) is 2.52. The third kappa shape index (κ3) is 15.0. The van der Waals surface area contributed by atoms with Crippen LogP contribution in [0.15, 0.2) is 85.0 Å². The lowest BCUT2D eigenvalue weighted by Crippen LogP contribution is -2.07. The predicted molar refractivity (Wildman–Crippen MR) is 125 cm³/mol. The molecule has 156 valence electrons. The molecule has 0 bridgehead atoms. The Labute approximate surface area is 177 Å². The summed E-state index contributed by atoms with van der Waals surface area (Å²) in [4.78, 5) is 11.8. The molecule has 0 fully saturated rings. The molecule has 0 radical (unpaired) electrons. The predicted octanol–water partition coefficient (Wildman–Crippen LogP) is 7.82. The van der Waals surface area contributed by atoms with E-state index < -0.39 is 0 Å². The lowest BCUT2D eigenvalue weighted by molar-refractivity contribution is -0.134. The SMILES string of the molecule is CCC=CCC=CCC=CCC=CCC=CCCCC(=O)Oc1ccc(C)cc1. The summed E-state index contributed by atoms with van der Waals surface area (Å²) in [5.41, 5.74) is 1.16. The molecule has 0 aliphatic heterocycles. The fraction of sp³-hybridized carbons (Fsp3) is 0.370. The Morgan fingerprint density at radius 1 is 0.759 bits per heavy atom. The third-order valence-corrected chi connectivity index (χ3v) is 4.16. The first-order chi connectivity index (χ1) is 14.2. The summed E-state index contributed by atoms with van der Waals surface area (Å²) in [6.45, 7) is 4.16. The van der Waals surface area contributed by atoms with Crippen LogP contribution >= 0.6 is 0 Å². The Kier molecular flexibility index (Phi) is 14.7. The summed E-state index contributed by atoms with van der Waals surface area (Å²) >= 11 is 0. The zero-order valence-corrected chi connectivity index (χ0v) is 18.1. The zero-order valence-electron chi connectivity index (χ0n) is 18.1. The van der Waals surface area contributed by atoms with Gasteiger partial charge in [-0.1, -0.05) is 85.4 Å². The topological polar surface area (TPSA) is 26.3 Å². The molecule has 0 aliphatic rings. The van der Waals surface area contributed by atoms with Crippen molar-refractivity contribution in [3.8, 4) is 5.75 Å². The normalized spacial score (nSPS) is 12.3. The number of esters is 1. The number of allylic oxidation sites excluding steroid dienone is 10. The number of benzene rings is 1. The van der Waals surface area contributed by atoms with Crippen molar-refractivity contribution in [3.05, 3.63) is 90.6 Å². The van der Waals surface area contributed by atoms with Crippen molar-refractivity contribution >= 4 is 5.97 Å². The maximum atomic E-state index is 11.8. The van der Waals surface area contributed by atoms with E-state index in [1.165, 1.54) is 0 Å². The minimum atomic E-state index is -0.166. The van der Waals surface area contributed by atoms with Gasteiger partial charge in [0.05, 0.1) is 0 Å². The van der Waals surface area contributed by atoms with Crippen molar-refractivity contribution in [1.29, 1.82) is 0 Å². The van der Waals surface area contributed by atoms with Gasteiger partial charge in [0.1, 0.15) is 5.75 Å². The average Bonchev–Trinajstić information content (AvgIpc) is 2.72. The highest BCUT2D eigenvalue weighted by atomic mass is 16.5. The maximum absolute atomic E-state index is 11.8. The molecule has 0 N–H and O–H groups in total. The van der Waals surface area contributed by atoms with Gasteiger partial charge in [-0.3, -0.25) is 4.79 Å². The van der Waals surface area contributed by atoms with Crippen LogP contribution in [-0.4, -0.2) is 5.97 Å². The lowest BCUT2D eigenvalue weighted by Gasteiger charge is -2.03. The van der Waals surface area contributed by atoms with Gasteiger partial charge in [0.15, 0.2) is 0 Å². The number of carbonyl (C=O) groups excluding carboxylic acids is 1. The first-order valence-corrected chi connectivity index (χ1v) is 10.7. The Bertz CT molecular complexity index is 688. The van der Waals surface area contributed by atoms with Gasteiger partial charge in [0.25, 0.3) is 0 Å². The molecule has 0 atom stereocenters. The van der Waals surface area contributed by atoms with Gasteiger partial charge in [0, 0.05) is 6.42 Å². The smallest absolute Gasteiger partial charge is 0.311 e. The van der Waals surface area contributed by atoms with Gasteiger partial charge in [-0.2, -0.15) is 0 Å². The molecular formula is C27H36O2. The van der Waals surface area contributed by atoms with Crippen LogP contribution in [0.25, 0.3) is 0 Å². The van der Waals surface area contributed by atoms with Crippen LogP contribution in [0, 0.1) is 6.92 Å². The van der Waals surface area contributed by atoms with Crippen LogP contribution in [0.2, 0.25) is 0 Å². The van der Waals surface area contributed by atoms with Crippen LogP contribution in [0.1, 0.15) is 63.9 Å². The quantitative estimate of drug-likeness (QED) is 0.140. The fourth-order valence-corrected chi connectivity index (χ4v) is 2.52. The van der Waals surface area contributed by atoms with Crippen molar-refractivity contribution in [3.63, 3.8) is 0 Å². The van der Waals surface area contributed by atoms with Crippen LogP contribution in [0.4, 0.5) is 0 Å². The van der Waals surface area contributed by atoms with Gasteiger partial charge < -0.3 is 4.74 Å². The summed E-state index contributed by atoms with van der Waals surface area (Å²) in [6, 6.07) is 7.55. The van der Waals surface area contributed by atoms with E-state index in [0.29, 0.717) is 12.2 Å². The Morgan fingerprint density at radius 3 is 1.76 bits per heavy atom. The summed E-state index contributed by atoms with van der Waals surface area (Å²) in [6.07, 6.45) is 29.1. The number of hydrogen-bond acceptors (Lipinski definition) is 2. The van der Waals surface area contributed by atoms with E-state index >= 15 is 0 Å². The van der Waals surface area contributed by atoms with Crippen LogP contribution < -0.4 is 4.74 Å². The average molecular weight is 393 g/mol. The standard InChI is InChI=1S/C27H36O2/c1-3-4-5-6-7-8-9-10-11-12-13-14-15-16-17-18-19-20-27(28)29-26-23-21-25(2)22-24-26/h4-5,7-8,10-11,13-14,16-17,21-24H,3,6,9,12,15,18-20H2,1-2H3. The number of aryl methyl sites for hydroxylation is 1. The molecule has 1 aromatic carbocycles. The molecule has 1 rings (SSSR count). The third-order valence-electron chi connectivity index (χ3n) is 4.16.